The van der Waals surface area contributed by atoms with Gasteiger partial charge in [0.25, 0.3) is 10.0 Å². The molecule has 3 aromatic rings. The van der Waals surface area contributed by atoms with Crippen LogP contribution in [0.4, 0.5) is 19.1 Å². The van der Waals surface area contributed by atoms with Gasteiger partial charge in [0.15, 0.2) is 0 Å². The first-order valence-electron chi connectivity index (χ1n) is 12.5. The second kappa shape index (κ2) is 12.1. The molecule has 0 aliphatic rings. The van der Waals surface area contributed by atoms with E-state index in [2.05, 4.69) is 29.5 Å². The van der Waals surface area contributed by atoms with Crippen molar-refractivity contribution < 1.29 is 40.4 Å². The molecule has 0 fully saturated rings. The molecule has 0 bridgehead atoms. The Kier molecular flexibility index (Phi) is 9.53. The highest BCUT2D eigenvalue weighted by molar-refractivity contribution is 7.93. The van der Waals surface area contributed by atoms with E-state index in [9.17, 15) is 26.4 Å². The third-order valence-corrected chi connectivity index (χ3v) is 9.69. The minimum absolute atomic E-state index is 0.00854. The van der Waals surface area contributed by atoms with Gasteiger partial charge in [-0.3, -0.25) is 0 Å². The van der Waals surface area contributed by atoms with Crippen LogP contribution in [0.25, 0.3) is 11.1 Å². The van der Waals surface area contributed by atoms with E-state index in [4.69, 9.17) is 9.26 Å². The SMILES string of the molecule is COC(=O)c1ccc(-c2ccccc2S(=O)(=O)N(COCC[Si](C)(C)C)c2onc(C)c2C)c(CC(F)(F)F)c1. The fourth-order valence-electron chi connectivity index (χ4n) is 3.90. The van der Waals surface area contributed by atoms with E-state index in [0.717, 1.165) is 23.5 Å². The summed E-state index contributed by atoms with van der Waals surface area (Å²) >= 11 is 0. The van der Waals surface area contributed by atoms with Crippen LogP contribution in [0, 0.1) is 13.8 Å². The Bertz CT molecular complexity index is 1470. The number of hydrogen-bond donors (Lipinski definition) is 0. The molecule has 0 radical (unpaired) electrons. The molecule has 2 aromatic carbocycles. The first kappa shape index (κ1) is 31.4. The number of methoxy groups -OCH3 is 1. The molecule has 0 unspecified atom stereocenters. The third kappa shape index (κ3) is 7.52. The van der Waals surface area contributed by atoms with Gasteiger partial charge in [-0.25, -0.2) is 17.5 Å². The van der Waals surface area contributed by atoms with Crippen LogP contribution < -0.4 is 4.31 Å². The predicted molar refractivity (Wildman–Crippen MR) is 148 cm³/mol. The lowest BCUT2D eigenvalue weighted by Crippen LogP contribution is -2.34. The van der Waals surface area contributed by atoms with Gasteiger partial charge >= 0.3 is 12.1 Å². The summed E-state index contributed by atoms with van der Waals surface area (Å²) in [6.07, 6.45) is -6.01. The van der Waals surface area contributed by atoms with E-state index in [1.807, 2.05) is 0 Å². The zero-order valence-corrected chi connectivity index (χ0v) is 25.1. The maximum atomic E-state index is 14.2. The van der Waals surface area contributed by atoms with E-state index in [1.54, 1.807) is 13.8 Å². The van der Waals surface area contributed by atoms with Crippen LogP contribution in [0.2, 0.25) is 25.7 Å². The second-order valence-electron chi connectivity index (χ2n) is 10.6. The number of aromatic nitrogens is 1. The fraction of sp³-hybridized carbons (Fsp3) is 0.407. The summed E-state index contributed by atoms with van der Waals surface area (Å²) in [7, 11) is -4.79. The smallest absolute Gasteiger partial charge is 0.393 e. The van der Waals surface area contributed by atoms with Crippen molar-refractivity contribution in [2.24, 2.45) is 0 Å². The van der Waals surface area contributed by atoms with Crippen molar-refractivity contribution in [3.8, 4) is 11.1 Å². The van der Waals surface area contributed by atoms with Gasteiger partial charge in [0.1, 0.15) is 6.73 Å². The molecule has 0 saturated heterocycles. The van der Waals surface area contributed by atoms with Crippen molar-refractivity contribution in [2.45, 2.75) is 57.0 Å². The lowest BCUT2D eigenvalue weighted by atomic mass is 9.95. The summed E-state index contributed by atoms with van der Waals surface area (Å²) in [5.41, 5.74) is 0.638. The number of carbonyl (C=O) groups excluding carboxylic acids is 1. The minimum Gasteiger partial charge on any atom is -0.465 e. The molecule has 0 spiro atoms. The number of carbonyl (C=O) groups is 1. The largest absolute Gasteiger partial charge is 0.465 e. The summed E-state index contributed by atoms with van der Waals surface area (Å²) in [5.74, 6) is -0.856. The number of sulfonamides is 1. The zero-order chi connectivity index (χ0) is 29.9. The van der Waals surface area contributed by atoms with Crippen LogP contribution in [-0.4, -0.2) is 54.2 Å². The summed E-state index contributed by atoms with van der Waals surface area (Å²) in [5, 5.41) is 3.88. The first-order chi connectivity index (χ1) is 18.5. The summed E-state index contributed by atoms with van der Waals surface area (Å²) in [6.45, 7) is 9.75. The number of alkyl halides is 3. The van der Waals surface area contributed by atoms with E-state index < -0.39 is 36.7 Å². The van der Waals surface area contributed by atoms with E-state index in [-0.39, 0.29) is 39.8 Å². The number of nitrogens with zero attached hydrogens (tertiary/aromatic N) is 2. The number of hydrogen-bond acceptors (Lipinski definition) is 7. The molecule has 0 aliphatic carbocycles. The van der Waals surface area contributed by atoms with Crippen molar-refractivity contribution in [3.63, 3.8) is 0 Å². The van der Waals surface area contributed by atoms with Crippen molar-refractivity contribution in [1.29, 1.82) is 0 Å². The van der Waals surface area contributed by atoms with Crippen LogP contribution in [0.3, 0.4) is 0 Å². The molecule has 0 N–H and O–H groups in total. The Morgan fingerprint density at radius 3 is 2.33 bits per heavy atom. The molecule has 3 rings (SSSR count). The van der Waals surface area contributed by atoms with E-state index in [0.29, 0.717) is 17.9 Å². The number of halogens is 3. The van der Waals surface area contributed by atoms with Crippen LogP contribution in [0.1, 0.15) is 27.2 Å². The van der Waals surface area contributed by atoms with Crippen molar-refractivity contribution in [1.82, 2.24) is 5.16 Å². The molecule has 40 heavy (non-hydrogen) atoms. The molecule has 1 aromatic heterocycles. The van der Waals surface area contributed by atoms with Gasteiger partial charge in [-0.1, -0.05) is 49.1 Å². The molecule has 0 aliphatic heterocycles. The highest BCUT2D eigenvalue weighted by atomic mass is 32.2. The number of ether oxygens (including phenoxy) is 2. The second-order valence-corrected chi connectivity index (χ2v) is 18.0. The zero-order valence-electron chi connectivity index (χ0n) is 23.3. The molecule has 0 atom stereocenters. The average molecular weight is 599 g/mol. The molecular weight excluding hydrogens is 565 g/mol. The summed E-state index contributed by atoms with van der Waals surface area (Å²) in [6, 6.07) is 10.2. The quantitative estimate of drug-likeness (QED) is 0.110. The van der Waals surface area contributed by atoms with Gasteiger partial charge in [-0.15, -0.1) is 0 Å². The number of aryl methyl sites for hydroxylation is 1. The Labute approximate surface area is 233 Å². The van der Waals surface area contributed by atoms with Crippen LogP contribution in [0.15, 0.2) is 51.9 Å². The predicted octanol–water partition coefficient (Wildman–Crippen LogP) is 6.36. The molecule has 0 amide bonds. The highest BCUT2D eigenvalue weighted by Gasteiger charge is 2.34. The first-order valence-corrected chi connectivity index (χ1v) is 17.6. The molecular formula is C27H33F3N2O6SSi. The van der Waals surface area contributed by atoms with Gasteiger partial charge in [-0.2, -0.15) is 13.2 Å². The van der Waals surface area contributed by atoms with Gasteiger partial charge in [-0.05, 0) is 49.2 Å². The van der Waals surface area contributed by atoms with Crippen molar-refractivity contribution in [2.75, 3.05) is 24.8 Å². The number of anilines is 1. The van der Waals surface area contributed by atoms with Gasteiger partial charge in [0.2, 0.25) is 5.88 Å². The third-order valence-electron chi connectivity index (χ3n) is 6.23. The number of rotatable bonds is 11. The molecule has 1 heterocycles. The van der Waals surface area contributed by atoms with Crippen LogP contribution in [-0.2, 0) is 25.9 Å². The lowest BCUT2D eigenvalue weighted by Gasteiger charge is -2.25. The Morgan fingerprint density at radius 2 is 1.75 bits per heavy atom. The van der Waals surface area contributed by atoms with E-state index in [1.165, 1.54) is 36.4 Å². The average Bonchev–Trinajstić information content (AvgIpc) is 3.19. The Hall–Kier alpha value is -3.16. The van der Waals surface area contributed by atoms with Gasteiger partial charge in [0, 0.05) is 25.8 Å². The Morgan fingerprint density at radius 1 is 1.07 bits per heavy atom. The maximum Gasteiger partial charge on any atom is 0.393 e. The molecule has 8 nitrogen and oxygen atoms in total. The van der Waals surface area contributed by atoms with Crippen molar-refractivity contribution in [3.05, 3.63) is 64.8 Å². The van der Waals surface area contributed by atoms with Crippen LogP contribution >= 0.6 is 0 Å². The Balaban J connectivity index is 2.15. The summed E-state index contributed by atoms with van der Waals surface area (Å²) < 4.78 is 85.8. The standard InChI is InChI=1S/C27H33F3N2O6SSi/c1-18-19(2)31-38-25(18)32(17-37-13-14-40(4,5)6)39(34,35)24-10-8-7-9-23(24)22-12-11-20(26(33)36-3)15-21(22)16-27(28,29)30/h7-12,15H,13-14,16-17H2,1-6H3. The minimum atomic E-state index is -4.62. The van der Waals surface area contributed by atoms with Crippen molar-refractivity contribution >= 4 is 30.0 Å². The molecule has 218 valence electrons. The normalized spacial score (nSPS) is 12.4. The summed E-state index contributed by atoms with van der Waals surface area (Å²) in [4.78, 5) is 11.8. The number of esters is 1. The lowest BCUT2D eigenvalue weighted by molar-refractivity contribution is -0.127. The molecule has 0 saturated carbocycles. The maximum absolute atomic E-state index is 14.2. The van der Waals surface area contributed by atoms with E-state index >= 15 is 0 Å². The van der Waals surface area contributed by atoms with Gasteiger partial charge in [0.05, 0.1) is 29.7 Å². The van der Waals surface area contributed by atoms with Crippen LogP contribution in [0.5, 0.6) is 0 Å². The number of benzene rings is 2. The fourth-order valence-corrected chi connectivity index (χ4v) is 6.20. The molecule has 13 heteroatoms. The topological polar surface area (TPSA) is 98.9 Å². The highest BCUT2D eigenvalue weighted by Crippen LogP contribution is 2.37. The van der Waals surface area contributed by atoms with Gasteiger partial charge < -0.3 is 14.0 Å². The monoisotopic (exact) mass is 598 g/mol.